The molecule has 0 radical (unpaired) electrons. The summed E-state index contributed by atoms with van der Waals surface area (Å²) in [5, 5.41) is 1.93. The second-order valence-corrected chi connectivity index (χ2v) is 9.13. The molecule has 0 saturated heterocycles. The minimum absolute atomic E-state index is 0.150. The van der Waals surface area contributed by atoms with E-state index in [1.807, 2.05) is 11.4 Å². The van der Waals surface area contributed by atoms with Gasteiger partial charge in [0.25, 0.3) is 0 Å². The van der Waals surface area contributed by atoms with E-state index in [-0.39, 0.29) is 4.90 Å². The fourth-order valence-electron chi connectivity index (χ4n) is 1.76. The van der Waals surface area contributed by atoms with Gasteiger partial charge in [-0.3, -0.25) is 0 Å². The van der Waals surface area contributed by atoms with Gasteiger partial charge in [-0.15, -0.1) is 11.3 Å². The molecule has 0 aliphatic carbocycles. The number of hydrogen-bond donors (Lipinski definition) is 0. The number of rotatable bonds is 5. The zero-order chi connectivity index (χ0) is 15.6. The van der Waals surface area contributed by atoms with Crippen molar-refractivity contribution in [3.63, 3.8) is 0 Å². The predicted molar refractivity (Wildman–Crippen MR) is 91.4 cm³/mol. The van der Waals surface area contributed by atoms with E-state index in [1.165, 1.54) is 22.8 Å². The van der Waals surface area contributed by atoms with Gasteiger partial charge in [0.05, 0.1) is 7.11 Å². The number of sulfonamides is 1. The van der Waals surface area contributed by atoms with Crippen LogP contribution in [0.1, 0.15) is 4.88 Å². The van der Waals surface area contributed by atoms with Gasteiger partial charge >= 0.3 is 0 Å². The summed E-state index contributed by atoms with van der Waals surface area (Å²) in [7, 11) is -0.608. The molecule has 8 heteroatoms. The third kappa shape index (κ3) is 3.87. The van der Waals surface area contributed by atoms with E-state index < -0.39 is 10.0 Å². The number of methoxy groups -OCH3 is 1. The van der Waals surface area contributed by atoms with Crippen molar-refractivity contribution < 1.29 is 13.2 Å². The smallest absolute Gasteiger partial charge is 0.246 e. The second-order valence-electron chi connectivity index (χ2n) is 4.29. The maximum atomic E-state index is 12.7. The van der Waals surface area contributed by atoms with Gasteiger partial charge in [-0.05, 0) is 40.2 Å². The molecule has 0 saturated carbocycles. The Labute approximate surface area is 145 Å². The molecule has 1 aromatic heterocycles. The molecule has 1 heterocycles. The van der Waals surface area contributed by atoms with Crippen molar-refractivity contribution in [3.05, 3.63) is 43.5 Å². The first-order valence-electron chi connectivity index (χ1n) is 5.87. The van der Waals surface area contributed by atoms with Crippen LogP contribution in [0.5, 0.6) is 5.75 Å². The Morgan fingerprint density at radius 3 is 2.52 bits per heavy atom. The fourth-order valence-corrected chi connectivity index (χ4v) is 5.19. The van der Waals surface area contributed by atoms with Crippen LogP contribution in [0.2, 0.25) is 0 Å². The monoisotopic (exact) mass is 453 g/mol. The first kappa shape index (κ1) is 17.0. The van der Waals surface area contributed by atoms with Gasteiger partial charge in [-0.1, -0.05) is 15.9 Å². The Kier molecular flexibility index (Phi) is 5.48. The Balaban J connectivity index is 2.35. The first-order chi connectivity index (χ1) is 9.84. The molecule has 0 N–H and O–H groups in total. The van der Waals surface area contributed by atoms with Crippen molar-refractivity contribution in [2.75, 3.05) is 14.2 Å². The molecule has 21 heavy (non-hydrogen) atoms. The number of halogens is 2. The van der Waals surface area contributed by atoms with Crippen molar-refractivity contribution in [1.29, 1.82) is 0 Å². The number of benzene rings is 1. The van der Waals surface area contributed by atoms with E-state index in [0.29, 0.717) is 16.8 Å². The lowest BCUT2D eigenvalue weighted by molar-refractivity contribution is 0.397. The highest BCUT2D eigenvalue weighted by atomic mass is 79.9. The van der Waals surface area contributed by atoms with Crippen molar-refractivity contribution in [1.82, 2.24) is 4.31 Å². The summed E-state index contributed by atoms with van der Waals surface area (Å²) in [6.07, 6.45) is 0. The summed E-state index contributed by atoms with van der Waals surface area (Å²) < 4.78 is 33.5. The SMILES string of the molecule is COc1ccc(Br)cc1S(=O)(=O)N(C)Cc1cc(Br)cs1. The molecule has 0 unspecified atom stereocenters. The molecule has 0 spiro atoms. The molecular weight excluding hydrogens is 442 g/mol. The van der Waals surface area contributed by atoms with E-state index in [2.05, 4.69) is 31.9 Å². The summed E-state index contributed by atoms with van der Waals surface area (Å²) in [6.45, 7) is 0.314. The van der Waals surface area contributed by atoms with Gasteiger partial charge < -0.3 is 4.74 Å². The molecule has 0 atom stereocenters. The molecule has 0 fully saturated rings. The Morgan fingerprint density at radius 1 is 1.24 bits per heavy atom. The third-order valence-electron chi connectivity index (χ3n) is 2.81. The van der Waals surface area contributed by atoms with E-state index >= 15 is 0 Å². The lowest BCUT2D eigenvalue weighted by Gasteiger charge is -2.18. The molecule has 2 aromatic rings. The maximum Gasteiger partial charge on any atom is 0.246 e. The normalized spacial score (nSPS) is 11.9. The van der Waals surface area contributed by atoms with E-state index in [9.17, 15) is 8.42 Å². The third-order valence-corrected chi connectivity index (χ3v) is 6.81. The van der Waals surface area contributed by atoms with Crippen LogP contribution in [-0.2, 0) is 16.6 Å². The van der Waals surface area contributed by atoms with Crippen molar-refractivity contribution in [3.8, 4) is 5.75 Å². The number of thiophene rings is 1. The van der Waals surface area contributed by atoms with Crippen molar-refractivity contribution in [2.45, 2.75) is 11.4 Å². The van der Waals surface area contributed by atoms with Crippen LogP contribution in [0.4, 0.5) is 0 Å². The predicted octanol–water partition coefficient (Wildman–Crippen LogP) is 4.10. The number of hydrogen-bond acceptors (Lipinski definition) is 4. The Morgan fingerprint density at radius 2 is 1.95 bits per heavy atom. The van der Waals surface area contributed by atoms with Crippen LogP contribution in [0.25, 0.3) is 0 Å². The van der Waals surface area contributed by atoms with E-state index in [0.717, 1.165) is 9.35 Å². The van der Waals surface area contributed by atoms with E-state index in [1.54, 1.807) is 25.2 Å². The van der Waals surface area contributed by atoms with Crippen LogP contribution in [0.15, 0.2) is 43.5 Å². The molecule has 0 amide bonds. The molecular formula is C13H13Br2NO3S2. The van der Waals surface area contributed by atoms with Gasteiger partial charge in [0.2, 0.25) is 10.0 Å². The maximum absolute atomic E-state index is 12.7. The highest BCUT2D eigenvalue weighted by molar-refractivity contribution is 9.10. The highest BCUT2D eigenvalue weighted by Crippen LogP contribution is 2.30. The molecule has 4 nitrogen and oxygen atoms in total. The zero-order valence-corrected chi connectivity index (χ0v) is 16.1. The molecule has 0 aliphatic rings. The van der Waals surface area contributed by atoms with Gasteiger partial charge in [-0.25, -0.2) is 8.42 Å². The lowest BCUT2D eigenvalue weighted by Crippen LogP contribution is -2.26. The van der Waals surface area contributed by atoms with Crippen LogP contribution >= 0.6 is 43.2 Å². The Bertz CT molecular complexity index is 744. The van der Waals surface area contributed by atoms with Gasteiger partial charge in [-0.2, -0.15) is 4.31 Å². The average Bonchev–Trinajstić information content (AvgIpc) is 2.84. The summed E-state index contributed by atoms with van der Waals surface area (Å²) in [5.41, 5.74) is 0. The molecule has 114 valence electrons. The lowest BCUT2D eigenvalue weighted by atomic mass is 10.3. The van der Waals surface area contributed by atoms with Crippen LogP contribution in [0, 0.1) is 0 Å². The Hall–Kier alpha value is -0.410. The molecule has 0 aliphatic heterocycles. The van der Waals surface area contributed by atoms with Gasteiger partial charge in [0, 0.05) is 32.8 Å². The first-order valence-corrected chi connectivity index (χ1v) is 9.78. The van der Waals surface area contributed by atoms with E-state index in [4.69, 9.17) is 4.74 Å². The largest absolute Gasteiger partial charge is 0.495 e. The van der Waals surface area contributed by atoms with Crippen molar-refractivity contribution >= 4 is 53.2 Å². The van der Waals surface area contributed by atoms with Crippen LogP contribution in [-0.4, -0.2) is 26.9 Å². The number of nitrogens with zero attached hydrogens (tertiary/aromatic N) is 1. The quantitative estimate of drug-likeness (QED) is 0.683. The van der Waals surface area contributed by atoms with Crippen LogP contribution in [0.3, 0.4) is 0 Å². The van der Waals surface area contributed by atoms with Crippen molar-refractivity contribution in [2.24, 2.45) is 0 Å². The standard InChI is InChI=1S/C13H13Br2NO3S2/c1-16(7-11-5-10(15)8-20-11)21(17,18)13-6-9(14)3-4-12(13)19-2/h3-6,8H,7H2,1-2H3. The minimum Gasteiger partial charge on any atom is -0.495 e. The second kappa shape index (κ2) is 6.78. The molecule has 2 rings (SSSR count). The summed E-state index contributed by atoms with van der Waals surface area (Å²) in [5.74, 6) is 0.331. The van der Waals surface area contributed by atoms with Crippen LogP contribution < -0.4 is 4.74 Å². The highest BCUT2D eigenvalue weighted by Gasteiger charge is 2.25. The average molecular weight is 455 g/mol. The topological polar surface area (TPSA) is 46.6 Å². The minimum atomic E-state index is -3.62. The zero-order valence-electron chi connectivity index (χ0n) is 11.3. The fraction of sp³-hybridized carbons (Fsp3) is 0.231. The van der Waals surface area contributed by atoms with Gasteiger partial charge in [0.15, 0.2) is 0 Å². The summed E-state index contributed by atoms with van der Waals surface area (Å²) in [6, 6.07) is 6.84. The molecule has 1 aromatic carbocycles. The molecule has 0 bridgehead atoms. The number of ether oxygens (including phenoxy) is 1. The van der Waals surface area contributed by atoms with Gasteiger partial charge in [0.1, 0.15) is 10.6 Å². The summed E-state index contributed by atoms with van der Waals surface area (Å²) in [4.78, 5) is 1.11. The summed E-state index contributed by atoms with van der Waals surface area (Å²) >= 11 is 8.17.